The van der Waals surface area contributed by atoms with Crippen molar-refractivity contribution in [2.24, 2.45) is 0 Å². The highest BCUT2D eigenvalue weighted by molar-refractivity contribution is 5.90. The van der Waals surface area contributed by atoms with Crippen LogP contribution >= 0.6 is 0 Å². The zero-order valence-corrected chi connectivity index (χ0v) is 11.3. The third-order valence-corrected chi connectivity index (χ3v) is 3.01. The number of hydrogen-bond acceptors (Lipinski definition) is 4. The van der Waals surface area contributed by atoms with E-state index in [9.17, 15) is 4.79 Å². The first kappa shape index (κ1) is 15.2. The van der Waals surface area contributed by atoms with E-state index in [1.807, 2.05) is 24.9 Å². The van der Waals surface area contributed by atoms with Crippen molar-refractivity contribution in [3.63, 3.8) is 0 Å². The lowest BCUT2D eigenvalue weighted by molar-refractivity contribution is -0.116. The molecule has 2 N–H and O–H groups in total. The molecule has 0 fully saturated rings. The van der Waals surface area contributed by atoms with Gasteiger partial charge in [-0.25, -0.2) is 0 Å². The van der Waals surface area contributed by atoms with Gasteiger partial charge >= 0.3 is 0 Å². The second kappa shape index (κ2) is 7.52. The summed E-state index contributed by atoms with van der Waals surface area (Å²) in [6.45, 7) is 2.57. The first-order valence-electron chi connectivity index (χ1n) is 6.18. The maximum absolute atomic E-state index is 11.7. The van der Waals surface area contributed by atoms with Gasteiger partial charge in [-0.15, -0.1) is 0 Å². The number of anilines is 1. The molecule has 5 heteroatoms. The summed E-state index contributed by atoms with van der Waals surface area (Å²) < 4.78 is 0. The molecule has 1 amide bonds. The van der Waals surface area contributed by atoms with Crippen molar-refractivity contribution in [3.8, 4) is 6.07 Å². The molecule has 1 atom stereocenters. The van der Waals surface area contributed by atoms with Gasteiger partial charge < -0.3 is 15.3 Å². The van der Waals surface area contributed by atoms with E-state index in [-0.39, 0.29) is 18.6 Å². The summed E-state index contributed by atoms with van der Waals surface area (Å²) in [7, 11) is 1.87. The van der Waals surface area contributed by atoms with Crippen LogP contribution in [-0.4, -0.2) is 42.2 Å². The first-order valence-corrected chi connectivity index (χ1v) is 6.18. The van der Waals surface area contributed by atoms with Crippen molar-refractivity contribution >= 4 is 11.6 Å². The van der Waals surface area contributed by atoms with Crippen LogP contribution in [0.5, 0.6) is 0 Å². The Morgan fingerprint density at radius 1 is 1.47 bits per heavy atom. The molecule has 1 unspecified atom stereocenters. The molecule has 0 heterocycles. The molecule has 1 aromatic rings. The topological polar surface area (TPSA) is 76.4 Å². The Morgan fingerprint density at radius 2 is 2.11 bits per heavy atom. The molecule has 0 aliphatic rings. The summed E-state index contributed by atoms with van der Waals surface area (Å²) >= 11 is 0. The van der Waals surface area contributed by atoms with Crippen LogP contribution in [-0.2, 0) is 4.79 Å². The van der Waals surface area contributed by atoms with Crippen LogP contribution in [0.4, 0.5) is 5.69 Å². The summed E-state index contributed by atoms with van der Waals surface area (Å²) in [5.41, 5.74) is 1.25. The van der Waals surface area contributed by atoms with Crippen LogP contribution in [0.15, 0.2) is 24.3 Å². The smallest absolute Gasteiger partial charge is 0.225 e. The highest BCUT2D eigenvalue weighted by atomic mass is 16.3. The molecule has 5 nitrogen and oxygen atoms in total. The Bertz CT molecular complexity index is 451. The second-order valence-electron chi connectivity index (χ2n) is 4.50. The SMILES string of the molecule is CC(CO)N(C)CCC(=O)Nc1ccc(C#N)cc1. The number of benzene rings is 1. The normalized spacial score (nSPS) is 11.9. The van der Waals surface area contributed by atoms with Crippen LogP contribution in [0.2, 0.25) is 0 Å². The van der Waals surface area contributed by atoms with Gasteiger partial charge in [-0.05, 0) is 38.2 Å². The monoisotopic (exact) mass is 261 g/mol. The number of rotatable bonds is 6. The minimum Gasteiger partial charge on any atom is -0.395 e. The Hall–Kier alpha value is -1.90. The summed E-state index contributed by atoms with van der Waals surface area (Å²) in [5.74, 6) is -0.0818. The van der Waals surface area contributed by atoms with Crippen LogP contribution < -0.4 is 5.32 Å². The molecule has 0 aliphatic heterocycles. The van der Waals surface area contributed by atoms with E-state index < -0.39 is 0 Å². The molecule has 19 heavy (non-hydrogen) atoms. The minimum atomic E-state index is -0.0818. The predicted molar refractivity (Wildman–Crippen MR) is 73.6 cm³/mol. The summed E-state index contributed by atoms with van der Waals surface area (Å²) in [5, 5.41) is 20.4. The fraction of sp³-hybridized carbons (Fsp3) is 0.429. The number of carbonyl (C=O) groups excluding carboxylic acids is 1. The zero-order valence-electron chi connectivity index (χ0n) is 11.3. The Kier molecular flexibility index (Phi) is 6.00. The Balaban J connectivity index is 2.40. The summed E-state index contributed by atoms with van der Waals surface area (Å²) in [6, 6.07) is 8.80. The van der Waals surface area contributed by atoms with Gasteiger partial charge in [0.05, 0.1) is 18.2 Å². The Labute approximate surface area is 113 Å². The van der Waals surface area contributed by atoms with Crippen LogP contribution in [0.1, 0.15) is 18.9 Å². The van der Waals surface area contributed by atoms with E-state index in [0.717, 1.165) is 0 Å². The lowest BCUT2D eigenvalue weighted by Gasteiger charge is -2.22. The van der Waals surface area contributed by atoms with Gasteiger partial charge in [-0.1, -0.05) is 0 Å². The average molecular weight is 261 g/mol. The molecule has 0 spiro atoms. The standard InChI is InChI=1S/C14H19N3O2/c1-11(10-18)17(2)8-7-14(19)16-13-5-3-12(9-15)4-6-13/h3-6,11,18H,7-8,10H2,1-2H3,(H,16,19). The first-order chi connectivity index (χ1) is 9.06. The molecule has 102 valence electrons. The number of amides is 1. The van der Waals surface area contributed by atoms with Gasteiger partial charge in [0.2, 0.25) is 5.91 Å². The fourth-order valence-electron chi connectivity index (χ4n) is 1.49. The van der Waals surface area contributed by atoms with Gasteiger partial charge in [-0.2, -0.15) is 5.26 Å². The molecule has 1 rings (SSSR count). The third-order valence-electron chi connectivity index (χ3n) is 3.01. The zero-order chi connectivity index (χ0) is 14.3. The second-order valence-corrected chi connectivity index (χ2v) is 4.50. The third kappa shape index (κ3) is 5.08. The highest BCUT2D eigenvalue weighted by Gasteiger charge is 2.10. The van der Waals surface area contributed by atoms with Crippen molar-refractivity contribution in [2.45, 2.75) is 19.4 Å². The number of carbonyl (C=O) groups is 1. The van der Waals surface area contributed by atoms with E-state index in [1.54, 1.807) is 24.3 Å². The van der Waals surface area contributed by atoms with E-state index in [4.69, 9.17) is 10.4 Å². The van der Waals surface area contributed by atoms with Gasteiger partial charge in [-0.3, -0.25) is 4.79 Å². The molecule has 0 saturated carbocycles. The van der Waals surface area contributed by atoms with Crippen molar-refractivity contribution in [1.82, 2.24) is 4.90 Å². The Morgan fingerprint density at radius 3 is 2.63 bits per heavy atom. The van der Waals surface area contributed by atoms with E-state index in [0.29, 0.717) is 24.2 Å². The average Bonchev–Trinajstić information content (AvgIpc) is 2.44. The van der Waals surface area contributed by atoms with Crippen molar-refractivity contribution in [1.29, 1.82) is 5.26 Å². The highest BCUT2D eigenvalue weighted by Crippen LogP contribution is 2.09. The summed E-state index contributed by atoms with van der Waals surface area (Å²) in [4.78, 5) is 13.6. The molecule has 0 radical (unpaired) electrons. The van der Waals surface area contributed by atoms with Crippen molar-refractivity contribution in [3.05, 3.63) is 29.8 Å². The molecule has 0 aliphatic carbocycles. The van der Waals surface area contributed by atoms with E-state index in [2.05, 4.69) is 5.32 Å². The van der Waals surface area contributed by atoms with Crippen LogP contribution in [0, 0.1) is 11.3 Å². The maximum Gasteiger partial charge on any atom is 0.225 e. The van der Waals surface area contributed by atoms with E-state index in [1.165, 1.54) is 0 Å². The lowest BCUT2D eigenvalue weighted by atomic mass is 10.2. The molecule has 1 aromatic carbocycles. The number of nitrogens with one attached hydrogen (secondary N) is 1. The number of aliphatic hydroxyl groups excluding tert-OH is 1. The number of aliphatic hydroxyl groups is 1. The number of nitriles is 1. The largest absolute Gasteiger partial charge is 0.395 e. The molecular formula is C14H19N3O2. The van der Waals surface area contributed by atoms with Crippen LogP contribution in [0.3, 0.4) is 0 Å². The van der Waals surface area contributed by atoms with Gasteiger partial charge in [0.1, 0.15) is 0 Å². The van der Waals surface area contributed by atoms with Gasteiger partial charge in [0.15, 0.2) is 0 Å². The fourth-order valence-corrected chi connectivity index (χ4v) is 1.49. The molecule has 0 saturated heterocycles. The number of hydrogen-bond donors (Lipinski definition) is 2. The minimum absolute atomic E-state index is 0.0442. The molecular weight excluding hydrogens is 242 g/mol. The number of likely N-dealkylation sites (N-methyl/N-ethyl adjacent to an activating group) is 1. The number of nitrogens with zero attached hydrogens (tertiary/aromatic N) is 2. The van der Waals surface area contributed by atoms with Crippen molar-refractivity contribution < 1.29 is 9.90 Å². The van der Waals surface area contributed by atoms with Crippen LogP contribution in [0.25, 0.3) is 0 Å². The molecule has 0 bridgehead atoms. The molecule has 0 aromatic heterocycles. The quantitative estimate of drug-likeness (QED) is 0.806. The lowest BCUT2D eigenvalue weighted by Crippen LogP contribution is -2.34. The van der Waals surface area contributed by atoms with Crippen molar-refractivity contribution in [2.75, 3.05) is 25.5 Å². The van der Waals surface area contributed by atoms with E-state index >= 15 is 0 Å². The van der Waals surface area contributed by atoms with Gasteiger partial charge in [0.25, 0.3) is 0 Å². The predicted octanol–water partition coefficient (Wildman–Crippen LogP) is 1.20. The maximum atomic E-state index is 11.7. The summed E-state index contributed by atoms with van der Waals surface area (Å²) in [6.07, 6.45) is 0.362. The van der Waals surface area contributed by atoms with Gasteiger partial charge in [0, 0.05) is 24.7 Å².